The number of aryl methyl sites for hydroxylation is 1. The monoisotopic (exact) mass is 233 g/mol. The van der Waals surface area contributed by atoms with Crippen molar-refractivity contribution in [3.05, 3.63) is 54.4 Å². The fourth-order valence-corrected chi connectivity index (χ4v) is 1.97. The predicted octanol–water partition coefficient (Wildman–Crippen LogP) is -0.295. The molecule has 0 N–H and O–H groups in total. The summed E-state index contributed by atoms with van der Waals surface area (Å²) in [5.41, 5.74) is 2.62. The zero-order chi connectivity index (χ0) is 10.8. The van der Waals surface area contributed by atoms with E-state index < -0.39 is 0 Å². The maximum Gasteiger partial charge on any atom is 0.186 e. The lowest BCUT2D eigenvalue weighted by atomic mass is 10.1. The number of halogens is 1. The lowest BCUT2D eigenvalue weighted by molar-refractivity contribution is -0.683. The molecular weight excluding hydrogens is 218 g/mol. The third-order valence-corrected chi connectivity index (χ3v) is 2.96. The van der Waals surface area contributed by atoms with E-state index in [4.69, 9.17) is 0 Å². The number of pyridine rings is 1. The predicted molar refractivity (Wildman–Crippen MR) is 63.8 cm³/mol. The van der Waals surface area contributed by atoms with Gasteiger partial charge in [0.2, 0.25) is 0 Å². The van der Waals surface area contributed by atoms with Gasteiger partial charge in [-0.3, -0.25) is 0 Å². The average molecular weight is 234 g/mol. The average Bonchev–Trinajstić information content (AvgIpc) is 2.26. The van der Waals surface area contributed by atoms with Gasteiger partial charge in [0.15, 0.2) is 11.4 Å². The van der Waals surface area contributed by atoms with Gasteiger partial charge in [-0.05, 0) is 11.5 Å². The highest BCUT2D eigenvalue weighted by Gasteiger charge is 2.12. The van der Waals surface area contributed by atoms with E-state index in [-0.39, 0.29) is 12.4 Å². The summed E-state index contributed by atoms with van der Waals surface area (Å²) in [4.78, 5) is 0. The molecule has 0 atom stereocenters. The summed E-state index contributed by atoms with van der Waals surface area (Å²) in [6, 6.07) is 10.7. The van der Waals surface area contributed by atoms with Crippen LogP contribution in [0, 0.1) is 6.92 Å². The van der Waals surface area contributed by atoms with Crippen LogP contribution in [0.15, 0.2) is 43.0 Å². The third kappa shape index (κ3) is 2.10. The van der Waals surface area contributed by atoms with Gasteiger partial charge in [-0.15, -0.1) is 6.58 Å². The molecule has 0 aliphatic rings. The van der Waals surface area contributed by atoms with Crippen molar-refractivity contribution in [2.45, 2.75) is 13.3 Å². The molecule has 0 radical (unpaired) electrons. The van der Waals surface area contributed by atoms with Crippen molar-refractivity contribution in [1.82, 2.24) is 0 Å². The van der Waals surface area contributed by atoms with Crippen LogP contribution >= 0.6 is 0 Å². The normalized spacial score (nSPS) is 9.88. The summed E-state index contributed by atoms with van der Waals surface area (Å²) in [7, 11) is 2.11. The van der Waals surface area contributed by atoms with Crippen LogP contribution in [-0.2, 0) is 13.5 Å². The number of hydrogen-bond donors (Lipinski definition) is 0. The van der Waals surface area contributed by atoms with Crippen LogP contribution < -0.4 is 17.0 Å². The van der Waals surface area contributed by atoms with Crippen LogP contribution in [0.5, 0.6) is 0 Å². The van der Waals surface area contributed by atoms with E-state index in [0.717, 1.165) is 6.42 Å². The molecule has 1 aromatic carbocycles. The molecule has 2 rings (SSSR count). The van der Waals surface area contributed by atoms with Crippen LogP contribution in [0.4, 0.5) is 0 Å². The lowest BCUT2D eigenvalue weighted by Crippen LogP contribution is -3.00. The van der Waals surface area contributed by atoms with E-state index in [1.165, 1.54) is 22.2 Å². The van der Waals surface area contributed by atoms with Gasteiger partial charge >= 0.3 is 0 Å². The Morgan fingerprint density at radius 3 is 2.69 bits per heavy atom. The summed E-state index contributed by atoms with van der Waals surface area (Å²) in [5.74, 6) is 0. The van der Waals surface area contributed by atoms with Crippen molar-refractivity contribution >= 4 is 10.8 Å². The maximum absolute atomic E-state index is 3.79. The Kier molecular flexibility index (Phi) is 4.08. The zero-order valence-electron chi connectivity index (χ0n) is 9.70. The Morgan fingerprint density at radius 1 is 1.31 bits per heavy atom. The summed E-state index contributed by atoms with van der Waals surface area (Å²) in [5, 5.41) is 2.64. The Bertz CT molecular complexity index is 517. The van der Waals surface area contributed by atoms with Crippen molar-refractivity contribution < 1.29 is 17.0 Å². The van der Waals surface area contributed by atoms with Gasteiger partial charge in [0.25, 0.3) is 0 Å². The SMILES string of the molecule is C=CCc1cc2ccccc2c(C)[n+]1C.[Cl-]. The number of fused-ring (bicyclic) bond motifs is 1. The highest BCUT2D eigenvalue weighted by molar-refractivity contribution is 5.83. The minimum Gasteiger partial charge on any atom is -1.00 e. The van der Waals surface area contributed by atoms with E-state index in [9.17, 15) is 0 Å². The highest BCUT2D eigenvalue weighted by atomic mass is 35.5. The molecule has 1 aromatic heterocycles. The summed E-state index contributed by atoms with van der Waals surface area (Å²) in [6.07, 6.45) is 2.87. The lowest BCUT2D eigenvalue weighted by Gasteiger charge is -2.04. The molecule has 0 amide bonds. The minimum atomic E-state index is 0. The molecular formula is C14H16ClN. The second-order valence-corrected chi connectivity index (χ2v) is 3.86. The fraction of sp³-hybridized carbons (Fsp3) is 0.214. The number of nitrogens with zero attached hydrogens (tertiary/aromatic N) is 1. The fourth-order valence-electron chi connectivity index (χ4n) is 1.97. The van der Waals surface area contributed by atoms with Gasteiger partial charge < -0.3 is 12.4 Å². The number of hydrogen-bond acceptors (Lipinski definition) is 0. The summed E-state index contributed by atoms with van der Waals surface area (Å²) < 4.78 is 2.24. The van der Waals surface area contributed by atoms with Crippen LogP contribution in [0.1, 0.15) is 11.4 Å². The Labute approximate surface area is 103 Å². The van der Waals surface area contributed by atoms with Gasteiger partial charge in [0, 0.05) is 18.4 Å². The molecule has 84 valence electrons. The first-order chi connectivity index (χ1) is 7.24. The molecule has 2 aromatic rings. The molecule has 0 unspecified atom stereocenters. The Balaban J connectivity index is 0.00000128. The van der Waals surface area contributed by atoms with Gasteiger partial charge in [-0.25, -0.2) is 4.57 Å². The van der Waals surface area contributed by atoms with Gasteiger partial charge in [-0.1, -0.05) is 24.3 Å². The third-order valence-electron chi connectivity index (χ3n) is 2.96. The number of rotatable bonds is 2. The molecule has 0 aliphatic carbocycles. The van der Waals surface area contributed by atoms with Gasteiger partial charge in [-0.2, -0.15) is 0 Å². The number of allylic oxidation sites excluding steroid dienone is 1. The van der Waals surface area contributed by atoms with Crippen molar-refractivity contribution in [2.24, 2.45) is 7.05 Å². The van der Waals surface area contributed by atoms with Crippen LogP contribution in [-0.4, -0.2) is 0 Å². The second-order valence-electron chi connectivity index (χ2n) is 3.86. The first-order valence-corrected chi connectivity index (χ1v) is 5.22. The Morgan fingerprint density at radius 2 is 2.00 bits per heavy atom. The van der Waals surface area contributed by atoms with Crippen molar-refractivity contribution in [2.75, 3.05) is 0 Å². The molecule has 0 spiro atoms. The largest absolute Gasteiger partial charge is 1.00 e. The quantitative estimate of drug-likeness (QED) is 0.496. The molecule has 2 heteroatoms. The highest BCUT2D eigenvalue weighted by Crippen LogP contribution is 2.16. The topological polar surface area (TPSA) is 3.88 Å². The van der Waals surface area contributed by atoms with Crippen molar-refractivity contribution in [1.29, 1.82) is 0 Å². The first kappa shape index (κ1) is 12.7. The second kappa shape index (κ2) is 5.13. The van der Waals surface area contributed by atoms with E-state index >= 15 is 0 Å². The Hall–Kier alpha value is -1.34. The smallest absolute Gasteiger partial charge is 0.186 e. The van der Waals surface area contributed by atoms with E-state index in [0.29, 0.717) is 0 Å². The van der Waals surface area contributed by atoms with E-state index in [2.05, 4.69) is 55.4 Å². The van der Waals surface area contributed by atoms with Crippen LogP contribution in [0.3, 0.4) is 0 Å². The molecule has 0 saturated heterocycles. The number of aromatic nitrogens is 1. The molecule has 0 bridgehead atoms. The van der Waals surface area contributed by atoms with Gasteiger partial charge in [0.1, 0.15) is 7.05 Å². The molecule has 0 saturated carbocycles. The molecule has 0 aliphatic heterocycles. The molecule has 1 heterocycles. The van der Waals surface area contributed by atoms with Crippen LogP contribution in [0.25, 0.3) is 10.8 Å². The van der Waals surface area contributed by atoms with Crippen molar-refractivity contribution in [3.8, 4) is 0 Å². The van der Waals surface area contributed by atoms with Crippen LogP contribution in [0.2, 0.25) is 0 Å². The molecule has 1 nitrogen and oxygen atoms in total. The minimum absolute atomic E-state index is 0. The summed E-state index contributed by atoms with van der Waals surface area (Å²) >= 11 is 0. The summed E-state index contributed by atoms with van der Waals surface area (Å²) in [6.45, 7) is 5.96. The van der Waals surface area contributed by atoms with Crippen molar-refractivity contribution in [3.63, 3.8) is 0 Å². The zero-order valence-corrected chi connectivity index (χ0v) is 10.5. The standard InChI is InChI=1S/C14H16N.ClH/c1-4-7-13-10-12-8-5-6-9-14(12)11(2)15(13)3;/h4-6,8-10H,1,7H2,2-3H3;1H/q+1;/p-1. The first-order valence-electron chi connectivity index (χ1n) is 5.22. The molecule has 16 heavy (non-hydrogen) atoms. The van der Waals surface area contributed by atoms with E-state index in [1.54, 1.807) is 0 Å². The van der Waals surface area contributed by atoms with Gasteiger partial charge in [0.05, 0.1) is 6.42 Å². The van der Waals surface area contributed by atoms with E-state index in [1.807, 2.05) is 6.08 Å². The number of benzene rings is 1. The molecule has 0 fully saturated rings. The maximum atomic E-state index is 3.79.